The molecule has 0 unspecified atom stereocenters. The molecule has 12 heavy (non-hydrogen) atoms. The summed E-state index contributed by atoms with van der Waals surface area (Å²) in [5, 5.41) is 16.7. The molecule has 0 amide bonds. The molecular weight excluding hydrogens is 170 g/mol. The first-order valence-electron chi connectivity index (χ1n) is 4.25. The SMILES string of the molecule is OC[C@H]1CNC[C@H]1c1ccsc1. The van der Waals surface area contributed by atoms with Crippen molar-refractivity contribution in [1.29, 1.82) is 0 Å². The lowest BCUT2D eigenvalue weighted by molar-refractivity contribution is 0.226. The van der Waals surface area contributed by atoms with E-state index < -0.39 is 0 Å². The van der Waals surface area contributed by atoms with E-state index in [2.05, 4.69) is 22.1 Å². The van der Waals surface area contributed by atoms with Gasteiger partial charge in [0.2, 0.25) is 0 Å². The molecule has 1 aliphatic rings. The molecule has 2 rings (SSSR count). The minimum Gasteiger partial charge on any atom is -0.396 e. The van der Waals surface area contributed by atoms with Crippen molar-refractivity contribution in [2.75, 3.05) is 19.7 Å². The number of hydrogen-bond donors (Lipinski definition) is 2. The Bertz CT molecular complexity index is 235. The van der Waals surface area contributed by atoms with E-state index in [1.807, 2.05) is 0 Å². The average molecular weight is 183 g/mol. The number of hydrogen-bond acceptors (Lipinski definition) is 3. The van der Waals surface area contributed by atoms with Crippen molar-refractivity contribution in [3.8, 4) is 0 Å². The highest BCUT2D eigenvalue weighted by atomic mass is 32.1. The highest BCUT2D eigenvalue weighted by Gasteiger charge is 2.27. The summed E-state index contributed by atoms with van der Waals surface area (Å²) in [7, 11) is 0. The van der Waals surface area contributed by atoms with Crippen LogP contribution in [0, 0.1) is 5.92 Å². The Balaban J connectivity index is 2.13. The number of rotatable bonds is 2. The summed E-state index contributed by atoms with van der Waals surface area (Å²) in [6.07, 6.45) is 0. The van der Waals surface area contributed by atoms with Gasteiger partial charge in [-0.25, -0.2) is 0 Å². The summed E-state index contributed by atoms with van der Waals surface area (Å²) in [6.45, 7) is 2.27. The normalized spacial score (nSPS) is 29.4. The van der Waals surface area contributed by atoms with Gasteiger partial charge in [0.05, 0.1) is 0 Å². The molecule has 1 fully saturated rings. The number of thiophene rings is 1. The summed E-state index contributed by atoms with van der Waals surface area (Å²) in [4.78, 5) is 0. The van der Waals surface area contributed by atoms with E-state index in [4.69, 9.17) is 5.11 Å². The maximum atomic E-state index is 9.10. The highest BCUT2D eigenvalue weighted by Crippen LogP contribution is 2.28. The third kappa shape index (κ3) is 1.40. The average Bonchev–Trinajstić information content (AvgIpc) is 2.74. The molecule has 2 atom stereocenters. The smallest absolute Gasteiger partial charge is 0.0477 e. The van der Waals surface area contributed by atoms with Gasteiger partial charge in [0, 0.05) is 31.5 Å². The second kappa shape index (κ2) is 3.56. The third-order valence-electron chi connectivity index (χ3n) is 2.55. The minimum absolute atomic E-state index is 0.299. The Labute approximate surface area is 76.2 Å². The van der Waals surface area contributed by atoms with Gasteiger partial charge in [-0.15, -0.1) is 0 Å². The monoisotopic (exact) mass is 183 g/mol. The third-order valence-corrected chi connectivity index (χ3v) is 3.25. The molecule has 1 saturated heterocycles. The zero-order chi connectivity index (χ0) is 8.39. The van der Waals surface area contributed by atoms with Gasteiger partial charge in [-0.05, 0) is 22.4 Å². The van der Waals surface area contributed by atoms with Gasteiger partial charge in [0.25, 0.3) is 0 Å². The molecule has 3 heteroatoms. The molecule has 0 saturated carbocycles. The zero-order valence-electron chi connectivity index (χ0n) is 6.86. The van der Waals surface area contributed by atoms with Crippen molar-refractivity contribution in [3.63, 3.8) is 0 Å². The number of aliphatic hydroxyl groups excluding tert-OH is 1. The van der Waals surface area contributed by atoms with E-state index in [1.54, 1.807) is 11.3 Å². The van der Waals surface area contributed by atoms with Crippen LogP contribution in [0.5, 0.6) is 0 Å². The van der Waals surface area contributed by atoms with Crippen molar-refractivity contribution in [1.82, 2.24) is 5.32 Å². The van der Waals surface area contributed by atoms with Crippen molar-refractivity contribution >= 4 is 11.3 Å². The zero-order valence-corrected chi connectivity index (χ0v) is 7.68. The second-order valence-electron chi connectivity index (χ2n) is 3.26. The Hall–Kier alpha value is -0.380. The van der Waals surface area contributed by atoms with Gasteiger partial charge in [-0.1, -0.05) is 0 Å². The fourth-order valence-corrected chi connectivity index (χ4v) is 2.53. The van der Waals surface area contributed by atoms with Gasteiger partial charge < -0.3 is 10.4 Å². The van der Waals surface area contributed by atoms with Gasteiger partial charge in [-0.2, -0.15) is 11.3 Å². The van der Waals surface area contributed by atoms with Crippen LogP contribution in [0.4, 0.5) is 0 Å². The van der Waals surface area contributed by atoms with E-state index in [0.29, 0.717) is 18.4 Å². The number of nitrogens with one attached hydrogen (secondary N) is 1. The van der Waals surface area contributed by atoms with Crippen molar-refractivity contribution in [2.45, 2.75) is 5.92 Å². The van der Waals surface area contributed by atoms with E-state index >= 15 is 0 Å². The first kappa shape index (κ1) is 8.23. The number of aliphatic hydroxyl groups is 1. The molecule has 2 heterocycles. The van der Waals surface area contributed by atoms with E-state index in [1.165, 1.54) is 5.56 Å². The summed E-state index contributed by atoms with van der Waals surface area (Å²) >= 11 is 1.73. The molecule has 1 aliphatic heterocycles. The van der Waals surface area contributed by atoms with Gasteiger partial charge in [-0.3, -0.25) is 0 Å². The van der Waals surface area contributed by atoms with Gasteiger partial charge in [0.15, 0.2) is 0 Å². The van der Waals surface area contributed by atoms with Crippen molar-refractivity contribution < 1.29 is 5.11 Å². The Kier molecular flexibility index (Phi) is 2.44. The predicted molar refractivity (Wildman–Crippen MR) is 50.5 cm³/mol. The summed E-state index contributed by atoms with van der Waals surface area (Å²) in [6, 6.07) is 2.16. The fourth-order valence-electron chi connectivity index (χ4n) is 1.80. The predicted octanol–water partition coefficient (Wildman–Crippen LogP) is 1.04. The van der Waals surface area contributed by atoms with Crippen LogP contribution in [0.2, 0.25) is 0 Å². The molecule has 66 valence electrons. The van der Waals surface area contributed by atoms with Crippen molar-refractivity contribution in [3.05, 3.63) is 22.4 Å². The largest absolute Gasteiger partial charge is 0.396 e. The van der Waals surface area contributed by atoms with E-state index in [-0.39, 0.29) is 0 Å². The van der Waals surface area contributed by atoms with Crippen LogP contribution < -0.4 is 5.32 Å². The molecule has 0 aliphatic carbocycles. The van der Waals surface area contributed by atoms with Crippen LogP contribution in [0.3, 0.4) is 0 Å². The first-order valence-corrected chi connectivity index (χ1v) is 5.19. The molecule has 0 aromatic carbocycles. The minimum atomic E-state index is 0.299. The molecule has 1 aromatic rings. The molecule has 0 spiro atoms. The lowest BCUT2D eigenvalue weighted by atomic mass is 9.92. The molecule has 0 bridgehead atoms. The maximum absolute atomic E-state index is 9.10. The van der Waals surface area contributed by atoms with Crippen LogP contribution in [0.15, 0.2) is 16.8 Å². The lowest BCUT2D eigenvalue weighted by Gasteiger charge is -2.13. The van der Waals surface area contributed by atoms with Gasteiger partial charge in [0.1, 0.15) is 0 Å². The second-order valence-corrected chi connectivity index (χ2v) is 4.04. The van der Waals surface area contributed by atoms with Crippen LogP contribution in [-0.2, 0) is 0 Å². The quantitative estimate of drug-likeness (QED) is 0.718. The topological polar surface area (TPSA) is 32.3 Å². The van der Waals surface area contributed by atoms with Crippen LogP contribution in [0.25, 0.3) is 0 Å². The Morgan fingerprint density at radius 3 is 3.17 bits per heavy atom. The van der Waals surface area contributed by atoms with Crippen molar-refractivity contribution in [2.24, 2.45) is 5.92 Å². The molecule has 2 nitrogen and oxygen atoms in total. The van der Waals surface area contributed by atoms with E-state index in [0.717, 1.165) is 13.1 Å². The highest BCUT2D eigenvalue weighted by molar-refractivity contribution is 7.07. The molecule has 2 N–H and O–H groups in total. The Morgan fingerprint density at radius 1 is 1.58 bits per heavy atom. The fraction of sp³-hybridized carbons (Fsp3) is 0.556. The summed E-state index contributed by atoms with van der Waals surface area (Å²) in [5.41, 5.74) is 1.38. The standard InChI is InChI=1S/C9H13NOS/c11-5-8-3-10-4-9(8)7-1-2-12-6-7/h1-2,6,8-11H,3-5H2/t8-,9+/m1/s1. The molecule has 0 radical (unpaired) electrons. The van der Waals surface area contributed by atoms with Crippen LogP contribution in [-0.4, -0.2) is 24.8 Å². The van der Waals surface area contributed by atoms with Crippen LogP contribution in [0.1, 0.15) is 11.5 Å². The molecule has 1 aromatic heterocycles. The van der Waals surface area contributed by atoms with Gasteiger partial charge >= 0.3 is 0 Å². The first-order chi connectivity index (χ1) is 5.92. The molecular formula is C9H13NOS. The van der Waals surface area contributed by atoms with Crippen LogP contribution >= 0.6 is 11.3 Å². The maximum Gasteiger partial charge on any atom is 0.0477 e. The summed E-state index contributed by atoms with van der Waals surface area (Å²) in [5.74, 6) is 0.945. The van der Waals surface area contributed by atoms with E-state index in [9.17, 15) is 0 Å². The lowest BCUT2D eigenvalue weighted by Crippen LogP contribution is -2.14. The summed E-state index contributed by atoms with van der Waals surface area (Å²) < 4.78 is 0. The Morgan fingerprint density at radius 2 is 2.50 bits per heavy atom.